The van der Waals surface area contributed by atoms with Gasteiger partial charge in [-0.3, -0.25) is 14.3 Å². The molecule has 2 amide bonds. The molecule has 0 radical (unpaired) electrons. The zero-order valence-electron chi connectivity index (χ0n) is 21.2. The highest BCUT2D eigenvalue weighted by molar-refractivity contribution is 6.13. The van der Waals surface area contributed by atoms with Gasteiger partial charge in [-0.15, -0.1) is 0 Å². The van der Waals surface area contributed by atoms with Crippen molar-refractivity contribution in [3.8, 4) is 6.07 Å². The van der Waals surface area contributed by atoms with Crippen molar-refractivity contribution in [2.45, 2.75) is 25.4 Å². The summed E-state index contributed by atoms with van der Waals surface area (Å²) in [5, 5.41) is 19.2. The Morgan fingerprint density at radius 2 is 1.74 bits per heavy atom. The fourth-order valence-corrected chi connectivity index (χ4v) is 4.69. The molecule has 5 rings (SSSR count). The van der Waals surface area contributed by atoms with E-state index in [0.29, 0.717) is 23.5 Å². The second kappa shape index (κ2) is 10.0. The molecule has 1 unspecified atom stereocenters. The van der Waals surface area contributed by atoms with E-state index in [2.05, 4.69) is 15.7 Å². The third-order valence-electron chi connectivity index (χ3n) is 6.70. The van der Waals surface area contributed by atoms with Crippen LogP contribution >= 0.6 is 0 Å². The molecule has 0 saturated heterocycles. The number of anilines is 3. The molecule has 1 aliphatic rings. The Morgan fingerprint density at radius 1 is 1.05 bits per heavy atom. The van der Waals surface area contributed by atoms with Crippen LogP contribution in [0.1, 0.15) is 44.5 Å². The molecule has 2 N–H and O–H groups in total. The van der Waals surface area contributed by atoms with E-state index in [0.717, 1.165) is 0 Å². The maximum absolute atomic E-state index is 15.0. The summed E-state index contributed by atoms with van der Waals surface area (Å²) < 4.78 is 31.6. The van der Waals surface area contributed by atoms with E-state index in [4.69, 9.17) is 0 Å². The Kier molecular flexibility index (Phi) is 6.58. The minimum atomic E-state index is -3.19. The number of carbonyl (C=O) groups excluding carboxylic acids is 2. The molecule has 8 nitrogen and oxygen atoms in total. The van der Waals surface area contributed by atoms with Crippen molar-refractivity contribution in [1.29, 1.82) is 5.26 Å². The van der Waals surface area contributed by atoms with Crippen LogP contribution in [0.4, 0.5) is 25.8 Å². The first-order valence-electron chi connectivity index (χ1n) is 12.2. The van der Waals surface area contributed by atoms with Crippen LogP contribution in [0.2, 0.25) is 0 Å². The van der Waals surface area contributed by atoms with Gasteiger partial charge in [0.2, 0.25) is 0 Å². The number of aromatic nitrogens is 2. The number of carbonyl (C=O) groups is 2. The first-order valence-corrected chi connectivity index (χ1v) is 12.2. The van der Waals surface area contributed by atoms with Crippen LogP contribution in [0, 0.1) is 11.3 Å². The normalized spacial score (nSPS) is 14.9. The van der Waals surface area contributed by atoms with Gasteiger partial charge in [0, 0.05) is 29.4 Å². The Balaban J connectivity index is 1.40. The molecular formula is C29H24F2N6O2. The molecule has 39 heavy (non-hydrogen) atoms. The lowest BCUT2D eigenvalue weighted by Gasteiger charge is -2.34. The van der Waals surface area contributed by atoms with Crippen molar-refractivity contribution in [3.05, 3.63) is 107 Å². The third kappa shape index (κ3) is 4.59. The average Bonchev–Trinajstić information content (AvgIpc) is 3.35. The number of nitrogens with zero attached hydrogens (tertiary/aromatic N) is 4. The van der Waals surface area contributed by atoms with Gasteiger partial charge in [-0.2, -0.15) is 19.1 Å². The zero-order chi connectivity index (χ0) is 27.7. The van der Waals surface area contributed by atoms with E-state index in [-0.39, 0.29) is 34.1 Å². The van der Waals surface area contributed by atoms with Crippen LogP contribution < -0.4 is 15.5 Å². The van der Waals surface area contributed by atoms with E-state index in [1.54, 1.807) is 37.4 Å². The molecule has 0 bridgehead atoms. The minimum absolute atomic E-state index is 0.119. The monoisotopic (exact) mass is 526 g/mol. The standard InChI is InChI=1S/C29H24F2N6O2/c1-18-17-36-26(25(16-34-36)35-27(38)19-8-13-24(33-2)20(14-19)15-32)28(39)37(18)23-11-9-22(10-12-23)29(30,31)21-6-4-3-5-7-21/h3-14,16,18,33H,17H2,1-2H3,(H,35,38). The van der Waals surface area contributed by atoms with Crippen LogP contribution in [0.25, 0.3) is 0 Å². The van der Waals surface area contributed by atoms with E-state index in [1.807, 2.05) is 13.0 Å². The lowest BCUT2D eigenvalue weighted by molar-refractivity contribution is 0.0428. The average molecular weight is 527 g/mol. The Morgan fingerprint density at radius 3 is 2.41 bits per heavy atom. The predicted octanol–water partition coefficient (Wildman–Crippen LogP) is 5.24. The molecule has 0 saturated carbocycles. The highest BCUT2D eigenvalue weighted by atomic mass is 19.3. The number of benzene rings is 3. The summed E-state index contributed by atoms with van der Waals surface area (Å²) in [6.07, 6.45) is 1.40. The van der Waals surface area contributed by atoms with Gasteiger partial charge in [0.15, 0.2) is 0 Å². The molecule has 196 valence electrons. The van der Waals surface area contributed by atoms with Crippen molar-refractivity contribution in [2.24, 2.45) is 0 Å². The molecule has 4 aromatic rings. The molecule has 1 aliphatic heterocycles. The maximum atomic E-state index is 15.0. The SMILES string of the molecule is CNc1ccc(C(=O)Nc2cnn3c2C(=O)N(c2ccc(C(F)(F)c4ccccc4)cc2)C(C)C3)cc1C#N. The van der Waals surface area contributed by atoms with Crippen LogP contribution in [-0.4, -0.2) is 34.7 Å². The summed E-state index contributed by atoms with van der Waals surface area (Å²) in [7, 11) is 1.68. The Hall–Kier alpha value is -5.04. The number of nitrogens with one attached hydrogen (secondary N) is 2. The summed E-state index contributed by atoms with van der Waals surface area (Å²) in [5.41, 5.74) is 1.67. The summed E-state index contributed by atoms with van der Waals surface area (Å²) in [6.45, 7) is 2.17. The van der Waals surface area contributed by atoms with Crippen LogP contribution in [0.15, 0.2) is 79.0 Å². The lowest BCUT2D eigenvalue weighted by Crippen LogP contribution is -2.47. The van der Waals surface area contributed by atoms with E-state index in [9.17, 15) is 14.9 Å². The maximum Gasteiger partial charge on any atom is 0.298 e. The van der Waals surface area contributed by atoms with Gasteiger partial charge in [0.1, 0.15) is 11.8 Å². The first kappa shape index (κ1) is 25.6. The van der Waals surface area contributed by atoms with Gasteiger partial charge in [0.25, 0.3) is 17.7 Å². The fourth-order valence-electron chi connectivity index (χ4n) is 4.69. The highest BCUT2D eigenvalue weighted by Gasteiger charge is 2.37. The van der Waals surface area contributed by atoms with E-state index in [1.165, 1.54) is 58.2 Å². The van der Waals surface area contributed by atoms with Crippen molar-refractivity contribution in [3.63, 3.8) is 0 Å². The molecule has 2 heterocycles. The zero-order valence-corrected chi connectivity index (χ0v) is 21.2. The molecule has 1 aromatic heterocycles. The summed E-state index contributed by atoms with van der Waals surface area (Å²) in [5.74, 6) is -4.12. The smallest absolute Gasteiger partial charge is 0.298 e. The second-order valence-corrected chi connectivity index (χ2v) is 9.18. The predicted molar refractivity (Wildman–Crippen MR) is 143 cm³/mol. The van der Waals surface area contributed by atoms with Crippen molar-refractivity contribution in [1.82, 2.24) is 9.78 Å². The number of hydrogen-bond acceptors (Lipinski definition) is 5. The molecule has 0 fully saturated rings. The number of nitriles is 1. The second-order valence-electron chi connectivity index (χ2n) is 9.18. The van der Waals surface area contributed by atoms with Crippen LogP contribution in [0.3, 0.4) is 0 Å². The fraction of sp³-hybridized carbons (Fsp3) is 0.172. The number of amides is 2. The van der Waals surface area contributed by atoms with Gasteiger partial charge in [-0.1, -0.05) is 42.5 Å². The number of alkyl halides is 2. The van der Waals surface area contributed by atoms with Gasteiger partial charge >= 0.3 is 0 Å². The molecule has 0 spiro atoms. The van der Waals surface area contributed by atoms with E-state index < -0.39 is 17.7 Å². The summed E-state index contributed by atoms with van der Waals surface area (Å²) >= 11 is 0. The Bertz CT molecular complexity index is 1590. The summed E-state index contributed by atoms with van der Waals surface area (Å²) in [4.78, 5) is 28.1. The third-order valence-corrected chi connectivity index (χ3v) is 6.70. The number of rotatable bonds is 6. The van der Waals surface area contributed by atoms with Gasteiger partial charge in [-0.05, 0) is 37.3 Å². The lowest BCUT2D eigenvalue weighted by atomic mass is 9.99. The highest BCUT2D eigenvalue weighted by Crippen LogP contribution is 2.37. The van der Waals surface area contributed by atoms with Crippen LogP contribution in [-0.2, 0) is 12.5 Å². The van der Waals surface area contributed by atoms with Crippen molar-refractivity contribution in [2.75, 3.05) is 22.6 Å². The molecular weight excluding hydrogens is 502 g/mol. The Labute approximate surface area is 223 Å². The minimum Gasteiger partial charge on any atom is -0.387 e. The van der Waals surface area contributed by atoms with Crippen molar-refractivity contribution < 1.29 is 18.4 Å². The van der Waals surface area contributed by atoms with Crippen molar-refractivity contribution >= 4 is 28.9 Å². The van der Waals surface area contributed by atoms with Crippen LogP contribution in [0.5, 0.6) is 0 Å². The number of hydrogen-bond donors (Lipinski definition) is 2. The molecule has 1 atom stereocenters. The van der Waals surface area contributed by atoms with E-state index >= 15 is 8.78 Å². The largest absolute Gasteiger partial charge is 0.387 e. The van der Waals surface area contributed by atoms with Gasteiger partial charge in [0.05, 0.1) is 35.7 Å². The molecule has 0 aliphatic carbocycles. The quantitative estimate of drug-likeness (QED) is 0.358. The number of fused-ring (bicyclic) bond motifs is 1. The molecule has 3 aromatic carbocycles. The summed E-state index contributed by atoms with van der Waals surface area (Å²) in [6, 6.07) is 19.6. The topological polar surface area (TPSA) is 103 Å². The number of halogens is 2. The first-order chi connectivity index (χ1) is 18.7. The van der Waals surface area contributed by atoms with Gasteiger partial charge < -0.3 is 15.5 Å². The molecule has 10 heteroatoms. The van der Waals surface area contributed by atoms with Gasteiger partial charge in [-0.25, -0.2) is 0 Å².